The van der Waals surface area contributed by atoms with E-state index in [1.54, 1.807) is 24.3 Å². The maximum Gasteiger partial charge on any atom is 0.283 e. The molecule has 6 nitrogen and oxygen atoms in total. The minimum Gasteiger partial charge on any atom is -0.495 e. The average molecular weight is 498 g/mol. The number of methoxy groups -OCH3 is 1. The number of halogens is 1. The zero-order valence-corrected chi connectivity index (χ0v) is 20.3. The van der Waals surface area contributed by atoms with Gasteiger partial charge in [-0.1, -0.05) is 47.1 Å². The van der Waals surface area contributed by atoms with Gasteiger partial charge in [-0.2, -0.15) is 0 Å². The van der Waals surface area contributed by atoms with Gasteiger partial charge in [0.25, 0.3) is 5.91 Å². The van der Waals surface area contributed by atoms with Crippen molar-refractivity contribution in [1.29, 1.82) is 0 Å². The van der Waals surface area contributed by atoms with Crippen molar-refractivity contribution in [3.8, 4) is 5.75 Å². The fourth-order valence-electron chi connectivity index (χ4n) is 3.09. The summed E-state index contributed by atoms with van der Waals surface area (Å²) in [5.41, 5.74) is 2.67. The number of anilines is 2. The Labute approximate surface area is 204 Å². The molecule has 1 aromatic heterocycles. The van der Waals surface area contributed by atoms with Crippen molar-refractivity contribution in [2.75, 3.05) is 23.1 Å². The van der Waals surface area contributed by atoms with Crippen LogP contribution in [0, 0.1) is 6.92 Å². The zero-order chi connectivity index (χ0) is 23.4. The highest BCUT2D eigenvalue weighted by Gasteiger charge is 2.33. The quantitative estimate of drug-likeness (QED) is 0.435. The van der Waals surface area contributed by atoms with Crippen LogP contribution in [0.15, 0.2) is 70.7 Å². The number of thiophene rings is 1. The van der Waals surface area contributed by atoms with Crippen LogP contribution < -0.4 is 15.0 Å². The van der Waals surface area contributed by atoms with Crippen LogP contribution in [0.2, 0.25) is 5.02 Å². The molecule has 1 aliphatic rings. The Hall–Kier alpha value is -3.07. The summed E-state index contributed by atoms with van der Waals surface area (Å²) in [5, 5.41) is 5.57. The molecule has 2 heterocycles. The molecule has 0 saturated carbocycles. The number of aliphatic imine (C=N–C) groups is 1. The fourth-order valence-corrected chi connectivity index (χ4v) is 4.80. The normalized spacial score (nSPS) is 14.5. The Bertz CT molecular complexity index is 1240. The summed E-state index contributed by atoms with van der Waals surface area (Å²) in [6.45, 7) is 1.98. The predicted octanol–water partition coefficient (Wildman–Crippen LogP) is 5.83. The molecule has 0 bridgehead atoms. The SMILES string of the molecule is COc1ccc(N2C(=O)C(=Cc3cccs3)N=C2SCC(=O)Nc2ccc(C)cc2)cc1Cl. The van der Waals surface area contributed by atoms with Crippen LogP contribution in [0.5, 0.6) is 5.75 Å². The van der Waals surface area contributed by atoms with Crippen LogP contribution in [0.4, 0.5) is 11.4 Å². The van der Waals surface area contributed by atoms with Crippen LogP contribution in [0.25, 0.3) is 6.08 Å². The molecule has 0 radical (unpaired) electrons. The lowest BCUT2D eigenvalue weighted by molar-refractivity contribution is -0.114. The zero-order valence-electron chi connectivity index (χ0n) is 17.9. The lowest BCUT2D eigenvalue weighted by atomic mass is 10.2. The summed E-state index contributed by atoms with van der Waals surface area (Å²) in [7, 11) is 1.53. The summed E-state index contributed by atoms with van der Waals surface area (Å²) in [6, 6.07) is 16.5. The third kappa shape index (κ3) is 5.47. The topological polar surface area (TPSA) is 71.0 Å². The molecule has 0 unspecified atom stereocenters. The Balaban J connectivity index is 1.57. The molecule has 0 aliphatic carbocycles. The first-order valence-electron chi connectivity index (χ1n) is 9.96. The van der Waals surface area contributed by atoms with Crippen molar-refractivity contribution in [3.63, 3.8) is 0 Å². The maximum atomic E-state index is 13.2. The number of nitrogens with zero attached hydrogens (tertiary/aromatic N) is 2. The molecule has 0 saturated heterocycles. The van der Waals surface area contributed by atoms with E-state index in [9.17, 15) is 9.59 Å². The standard InChI is InChI=1S/C24H20ClN3O3S2/c1-15-5-7-16(8-6-15)26-22(29)14-33-24-27-20(13-18-4-3-11-32-18)23(30)28(24)17-9-10-21(31-2)19(25)12-17/h3-13H,14H2,1-2H3,(H,26,29). The number of aryl methyl sites for hydroxylation is 1. The minimum atomic E-state index is -0.286. The van der Waals surface area contributed by atoms with E-state index >= 15 is 0 Å². The van der Waals surface area contributed by atoms with Gasteiger partial charge in [-0.3, -0.25) is 14.5 Å². The highest BCUT2D eigenvalue weighted by molar-refractivity contribution is 8.14. The number of benzene rings is 2. The van der Waals surface area contributed by atoms with E-state index in [2.05, 4.69) is 10.3 Å². The molecule has 3 aromatic rings. The molecule has 9 heteroatoms. The lowest BCUT2D eigenvalue weighted by Crippen LogP contribution is -2.31. The number of hydrogen-bond acceptors (Lipinski definition) is 6. The highest BCUT2D eigenvalue weighted by atomic mass is 35.5. The van der Waals surface area contributed by atoms with Gasteiger partial charge >= 0.3 is 0 Å². The summed E-state index contributed by atoms with van der Waals surface area (Å²) in [6.07, 6.45) is 1.74. The Kier molecular flexibility index (Phi) is 7.17. The minimum absolute atomic E-state index is 0.0899. The second-order valence-corrected chi connectivity index (χ2v) is 9.43. The second-order valence-electron chi connectivity index (χ2n) is 7.10. The number of hydrogen-bond donors (Lipinski definition) is 1. The molecule has 1 N–H and O–H groups in total. The third-order valence-electron chi connectivity index (χ3n) is 4.71. The molecule has 0 atom stereocenters. The van der Waals surface area contributed by atoms with Crippen LogP contribution in [0.1, 0.15) is 10.4 Å². The Morgan fingerprint density at radius 2 is 2.03 bits per heavy atom. The van der Waals surface area contributed by atoms with Gasteiger partial charge in [0.1, 0.15) is 11.4 Å². The number of thioether (sulfide) groups is 1. The number of carbonyl (C=O) groups excluding carboxylic acids is 2. The van der Waals surface area contributed by atoms with E-state index in [1.165, 1.54) is 35.1 Å². The average Bonchev–Trinajstić information content (AvgIpc) is 3.42. The molecule has 4 rings (SSSR count). The van der Waals surface area contributed by atoms with E-state index in [0.29, 0.717) is 33.0 Å². The van der Waals surface area contributed by atoms with Crippen molar-refractivity contribution in [1.82, 2.24) is 0 Å². The van der Waals surface area contributed by atoms with Gasteiger partial charge in [0, 0.05) is 10.6 Å². The van der Waals surface area contributed by atoms with Crippen LogP contribution >= 0.6 is 34.7 Å². The number of nitrogens with one attached hydrogen (secondary N) is 1. The number of rotatable bonds is 6. The van der Waals surface area contributed by atoms with Gasteiger partial charge in [-0.05, 0) is 54.8 Å². The molecular formula is C24H20ClN3O3S2. The molecule has 2 aromatic carbocycles. The van der Waals surface area contributed by atoms with Crippen molar-refractivity contribution < 1.29 is 14.3 Å². The van der Waals surface area contributed by atoms with Crippen LogP contribution in [-0.4, -0.2) is 29.8 Å². The van der Waals surface area contributed by atoms with Gasteiger partial charge in [-0.15, -0.1) is 11.3 Å². The lowest BCUT2D eigenvalue weighted by Gasteiger charge is -2.18. The van der Waals surface area contributed by atoms with Gasteiger partial charge in [0.2, 0.25) is 5.91 Å². The van der Waals surface area contributed by atoms with Gasteiger partial charge in [0.05, 0.1) is 23.6 Å². The third-order valence-corrected chi connectivity index (χ3v) is 6.77. The van der Waals surface area contributed by atoms with E-state index in [-0.39, 0.29) is 17.6 Å². The van der Waals surface area contributed by atoms with E-state index in [0.717, 1.165) is 10.4 Å². The maximum absolute atomic E-state index is 13.2. The van der Waals surface area contributed by atoms with E-state index in [4.69, 9.17) is 16.3 Å². The van der Waals surface area contributed by atoms with Crippen LogP contribution in [-0.2, 0) is 9.59 Å². The summed E-state index contributed by atoms with van der Waals surface area (Å²) >= 11 is 8.99. The van der Waals surface area contributed by atoms with Crippen molar-refractivity contribution in [2.45, 2.75) is 6.92 Å². The van der Waals surface area contributed by atoms with Crippen LogP contribution in [0.3, 0.4) is 0 Å². The number of amidine groups is 1. The van der Waals surface area contributed by atoms with Crippen molar-refractivity contribution >= 4 is 69.1 Å². The molecule has 0 fully saturated rings. The summed E-state index contributed by atoms with van der Waals surface area (Å²) in [4.78, 5) is 32.7. The van der Waals surface area contributed by atoms with E-state index in [1.807, 2.05) is 48.7 Å². The molecule has 33 heavy (non-hydrogen) atoms. The number of carbonyl (C=O) groups is 2. The molecule has 0 spiro atoms. The molecule has 1 aliphatic heterocycles. The highest BCUT2D eigenvalue weighted by Crippen LogP contribution is 2.34. The summed E-state index contributed by atoms with van der Waals surface area (Å²) < 4.78 is 5.22. The number of ether oxygens (including phenoxy) is 1. The van der Waals surface area contributed by atoms with Gasteiger partial charge in [-0.25, -0.2) is 4.99 Å². The van der Waals surface area contributed by atoms with Crippen molar-refractivity contribution in [2.24, 2.45) is 4.99 Å². The Morgan fingerprint density at radius 1 is 1.24 bits per heavy atom. The largest absolute Gasteiger partial charge is 0.495 e. The van der Waals surface area contributed by atoms with Crippen molar-refractivity contribution in [3.05, 3.63) is 81.1 Å². The first kappa shape index (κ1) is 23.1. The first-order valence-corrected chi connectivity index (χ1v) is 12.2. The van der Waals surface area contributed by atoms with Gasteiger partial charge in [0.15, 0.2) is 5.17 Å². The molecule has 2 amide bonds. The fraction of sp³-hybridized carbons (Fsp3) is 0.125. The monoisotopic (exact) mass is 497 g/mol. The Morgan fingerprint density at radius 3 is 2.70 bits per heavy atom. The smallest absolute Gasteiger partial charge is 0.283 e. The molecular weight excluding hydrogens is 478 g/mol. The second kappa shape index (κ2) is 10.2. The number of amides is 2. The molecule has 168 valence electrons. The predicted molar refractivity (Wildman–Crippen MR) is 137 cm³/mol. The van der Waals surface area contributed by atoms with E-state index < -0.39 is 0 Å². The van der Waals surface area contributed by atoms with Gasteiger partial charge < -0.3 is 10.1 Å². The summed E-state index contributed by atoms with van der Waals surface area (Å²) in [5.74, 6) is 0.116. The first-order chi connectivity index (χ1) is 15.9.